The van der Waals surface area contributed by atoms with Crippen LogP contribution in [0.25, 0.3) is 0 Å². The van der Waals surface area contributed by atoms with Crippen LogP contribution in [0, 0.1) is 6.92 Å². The van der Waals surface area contributed by atoms with Crippen molar-refractivity contribution in [1.29, 1.82) is 0 Å². The maximum absolute atomic E-state index is 11.7. The van der Waals surface area contributed by atoms with E-state index in [1.54, 1.807) is 0 Å². The van der Waals surface area contributed by atoms with Gasteiger partial charge in [0.25, 0.3) is 6.43 Å². The summed E-state index contributed by atoms with van der Waals surface area (Å²) in [6.45, 7) is 1.51. The Morgan fingerprint density at radius 2 is 2.27 bits per heavy atom. The van der Waals surface area contributed by atoms with Gasteiger partial charge in [-0.1, -0.05) is 0 Å². The minimum absolute atomic E-state index is 0.156. The number of aliphatic hydroxyl groups is 1. The molecule has 1 aromatic rings. The first-order valence-electron chi connectivity index (χ1n) is 4.69. The van der Waals surface area contributed by atoms with Crippen molar-refractivity contribution in [2.75, 3.05) is 13.2 Å². The van der Waals surface area contributed by atoms with E-state index in [0.29, 0.717) is 6.42 Å². The predicted molar refractivity (Wildman–Crippen MR) is 55.5 cm³/mol. The molecule has 1 aromatic heterocycles. The van der Waals surface area contributed by atoms with Crippen molar-refractivity contribution in [2.45, 2.75) is 25.9 Å². The molecule has 0 aliphatic carbocycles. The van der Waals surface area contributed by atoms with Crippen LogP contribution in [0.2, 0.25) is 0 Å². The number of hydrogen-bond acceptors (Lipinski definition) is 3. The summed E-state index contributed by atoms with van der Waals surface area (Å²) >= 11 is 1.47. The van der Waals surface area contributed by atoms with Crippen LogP contribution in [0.5, 0.6) is 0 Å². The van der Waals surface area contributed by atoms with Gasteiger partial charge >= 0.3 is 0 Å². The van der Waals surface area contributed by atoms with Gasteiger partial charge < -0.3 is 9.84 Å². The first-order valence-corrected chi connectivity index (χ1v) is 5.57. The Hall–Kier alpha value is -0.520. The van der Waals surface area contributed by atoms with Crippen molar-refractivity contribution >= 4 is 11.3 Å². The van der Waals surface area contributed by atoms with E-state index in [4.69, 9.17) is 4.74 Å². The lowest BCUT2D eigenvalue weighted by atomic mass is 10.1. The molecule has 0 radical (unpaired) electrons. The van der Waals surface area contributed by atoms with E-state index in [9.17, 15) is 13.9 Å². The Balaban J connectivity index is 2.25. The minimum atomic E-state index is -2.44. The molecular weight excluding hydrogens is 222 g/mol. The smallest absolute Gasteiger partial charge is 0.261 e. The van der Waals surface area contributed by atoms with E-state index in [2.05, 4.69) is 0 Å². The number of aliphatic hydroxyl groups excluding tert-OH is 1. The average molecular weight is 236 g/mol. The van der Waals surface area contributed by atoms with E-state index in [-0.39, 0.29) is 6.61 Å². The monoisotopic (exact) mass is 236 g/mol. The maximum atomic E-state index is 11.7. The molecule has 1 atom stereocenters. The second kappa shape index (κ2) is 6.15. The van der Waals surface area contributed by atoms with Crippen LogP contribution in [0.3, 0.4) is 0 Å². The molecule has 0 spiro atoms. The molecule has 0 saturated carbocycles. The Bertz CT molecular complexity index is 289. The topological polar surface area (TPSA) is 29.5 Å². The van der Waals surface area contributed by atoms with Gasteiger partial charge in [0, 0.05) is 17.9 Å². The highest BCUT2D eigenvalue weighted by molar-refractivity contribution is 7.10. The van der Waals surface area contributed by atoms with Gasteiger partial charge in [-0.15, -0.1) is 11.3 Å². The molecule has 1 unspecified atom stereocenters. The Morgan fingerprint density at radius 1 is 1.53 bits per heavy atom. The molecule has 2 nitrogen and oxygen atoms in total. The van der Waals surface area contributed by atoms with Crippen LogP contribution >= 0.6 is 11.3 Å². The number of ether oxygens (including phenoxy) is 1. The lowest BCUT2D eigenvalue weighted by Crippen LogP contribution is -2.08. The minimum Gasteiger partial charge on any atom is -0.387 e. The molecular formula is C10H14F2O2S. The van der Waals surface area contributed by atoms with Gasteiger partial charge in [0.1, 0.15) is 6.61 Å². The third kappa shape index (κ3) is 4.24. The zero-order chi connectivity index (χ0) is 11.3. The number of thiophene rings is 1. The summed E-state index contributed by atoms with van der Waals surface area (Å²) in [5.41, 5.74) is 1.03. The molecule has 0 aromatic carbocycles. The lowest BCUT2D eigenvalue weighted by Gasteiger charge is -2.10. The first-order chi connectivity index (χ1) is 7.11. The van der Waals surface area contributed by atoms with Gasteiger partial charge in [-0.25, -0.2) is 8.78 Å². The molecule has 1 N–H and O–H groups in total. The van der Waals surface area contributed by atoms with E-state index in [0.717, 1.165) is 10.4 Å². The van der Waals surface area contributed by atoms with Crippen LogP contribution in [0.1, 0.15) is 23.0 Å². The lowest BCUT2D eigenvalue weighted by molar-refractivity contribution is 0.00510. The van der Waals surface area contributed by atoms with Crippen molar-refractivity contribution in [3.63, 3.8) is 0 Å². The summed E-state index contributed by atoms with van der Waals surface area (Å²) in [4.78, 5) is 0.885. The zero-order valence-corrected chi connectivity index (χ0v) is 9.27. The van der Waals surface area contributed by atoms with Gasteiger partial charge in [-0.3, -0.25) is 0 Å². The molecule has 0 aliphatic rings. The SMILES string of the molecule is Cc1ccsc1C(O)CCOCC(F)F. The molecule has 15 heavy (non-hydrogen) atoms. The van der Waals surface area contributed by atoms with E-state index in [1.165, 1.54) is 11.3 Å². The number of rotatable bonds is 6. The standard InChI is InChI=1S/C10H14F2O2S/c1-7-3-5-15-10(7)8(13)2-4-14-6-9(11)12/h3,5,8-9,13H,2,4,6H2,1H3. The zero-order valence-electron chi connectivity index (χ0n) is 8.45. The van der Waals surface area contributed by atoms with E-state index >= 15 is 0 Å². The Kier molecular flexibility index (Phi) is 5.14. The number of hydrogen-bond donors (Lipinski definition) is 1. The molecule has 0 amide bonds. The van der Waals surface area contributed by atoms with Crippen LogP contribution in [-0.2, 0) is 4.74 Å². The van der Waals surface area contributed by atoms with Crippen molar-refractivity contribution in [3.8, 4) is 0 Å². The maximum Gasteiger partial charge on any atom is 0.261 e. The summed E-state index contributed by atoms with van der Waals surface area (Å²) in [5, 5.41) is 11.6. The third-order valence-corrected chi connectivity index (χ3v) is 3.10. The quantitative estimate of drug-likeness (QED) is 0.769. The highest BCUT2D eigenvalue weighted by Crippen LogP contribution is 2.25. The molecule has 86 valence electrons. The highest BCUT2D eigenvalue weighted by atomic mass is 32.1. The highest BCUT2D eigenvalue weighted by Gasteiger charge is 2.12. The van der Waals surface area contributed by atoms with Crippen LogP contribution < -0.4 is 0 Å². The second-order valence-electron chi connectivity index (χ2n) is 3.24. The number of halogens is 2. The van der Waals surface area contributed by atoms with Gasteiger partial charge in [0.2, 0.25) is 0 Å². The van der Waals surface area contributed by atoms with Gasteiger partial charge in [0.15, 0.2) is 0 Å². The van der Waals surface area contributed by atoms with Gasteiger partial charge in [-0.05, 0) is 23.9 Å². The number of alkyl halides is 2. The summed E-state index contributed by atoms with van der Waals surface area (Å²) in [7, 11) is 0. The summed E-state index contributed by atoms with van der Waals surface area (Å²) in [6.07, 6.45) is -2.69. The molecule has 0 bridgehead atoms. The summed E-state index contributed by atoms with van der Waals surface area (Å²) in [6, 6.07) is 1.92. The first kappa shape index (κ1) is 12.5. The average Bonchev–Trinajstić information content (AvgIpc) is 2.58. The fourth-order valence-electron chi connectivity index (χ4n) is 1.22. The van der Waals surface area contributed by atoms with Crippen LogP contribution in [0.15, 0.2) is 11.4 Å². The van der Waals surface area contributed by atoms with Crippen LogP contribution in [-0.4, -0.2) is 24.7 Å². The van der Waals surface area contributed by atoms with Crippen LogP contribution in [0.4, 0.5) is 8.78 Å². The van der Waals surface area contributed by atoms with Gasteiger partial charge in [-0.2, -0.15) is 0 Å². The summed E-state index contributed by atoms with van der Waals surface area (Å²) in [5.74, 6) is 0. The van der Waals surface area contributed by atoms with Crippen molar-refractivity contribution in [3.05, 3.63) is 21.9 Å². The molecule has 1 heterocycles. The largest absolute Gasteiger partial charge is 0.387 e. The number of aryl methyl sites for hydroxylation is 1. The molecule has 5 heteroatoms. The molecule has 0 aliphatic heterocycles. The van der Waals surface area contributed by atoms with Crippen molar-refractivity contribution in [2.24, 2.45) is 0 Å². The summed E-state index contributed by atoms with van der Waals surface area (Å²) < 4.78 is 28.1. The fraction of sp³-hybridized carbons (Fsp3) is 0.600. The van der Waals surface area contributed by atoms with Crippen molar-refractivity contribution < 1.29 is 18.6 Å². The van der Waals surface area contributed by atoms with E-state index in [1.807, 2.05) is 18.4 Å². The molecule has 0 fully saturated rings. The Labute approximate surface area is 91.5 Å². The second-order valence-corrected chi connectivity index (χ2v) is 4.19. The van der Waals surface area contributed by atoms with Crippen molar-refractivity contribution in [1.82, 2.24) is 0 Å². The Morgan fingerprint density at radius 3 is 2.80 bits per heavy atom. The van der Waals surface area contributed by atoms with E-state index < -0.39 is 19.1 Å². The molecule has 1 rings (SSSR count). The third-order valence-electron chi connectivity index (χ3n) is 1.98. The van der Waals surface area contributed by atoms with Gasteiger partial charge in [0.05, 0.1) is 6.10 Å². The molecule has 0 saturated heterocycles. The normalized spacial score (nSPS) is 13.4. The fourth-order valence-corrected chi connectivity index (χ4v) is 2.17. The predicted octanol–water partition coefficient (Wildman–Crippen LogP) is 2.76.